The first kappa shape index (κ1) is 16.7. The van der Waals surface area contributed by atoms with Crippen molar-refractivity contribution >= 4 is 11.7 Å². The quantitative estimate of drug-likeness (QED) is 0.727. The van der Waals surface area contributed by atoms with E-state index >= 15 is 0 Å². The fourth-order valence-electron chi connectivity index (χ4n) is 2.27. The SMILES string of the molecule is CCC(C)NC(=O)Nc1cccc(-c2noc(-c3ccccc3)n2)c1. The summed E-state index contributed by atoms with van der Waals surface area (Å²) in [6.07, 6.45) is 0.874. The molecule has 0 aliphatic carbocycles. The number of hydrogen-bond acceptors (Lipinski definition) is 4. The average Bonchev–Trinajstić information content (AvgIpc) is 3.12. The zero-order chi connectivity index (χ0) is 17.6. The smallest absolute Gasteiger partial charge is 0.319 e. The number of carbonyl (C=O) groups excluding carboxylic acids is 1. The van der Waals surface area contributed by atoms with Crippen molar-refractivity contribution in [3.05, 3.63) is 54.6 Å². The van der Waals surface area contributed by atoms with Crippen LogP contribution >= 0.6 is 0 Å². The van der Waals surface area contributed by atoms with Crippen molar-refractivity contribution in [3.8, 4) is 22.8 Å². The molecule has 3 aromatic rings. The van der Waals surface area contributed by atoms with E-state index in [1.54, 1.807) is 0 Å². The Bertz CT molecular complexity index is 845. The summed E-state index contributed by atoms with van der Waals surface area (Å²) in [6.45, 7) is 3.98. The topological polar surface area (TPSA) is 80.0 Å². The molecule has 0 saturated heterocycles. The van der Waals surface area contributed by atoms with Gasteiger partial charge in [-0.3, -0.25) is 0 Å². The average molecular weight is 336 g/mol. The van der Waals surface area contributed by atoms with Gasteiger partial charge >= 0.3 is 6.03 Å². The van der Waals surface area contributed by atoms with Crippen molar-refractivity contribution in [1.82, 2.24) is 15.5 Å². The highest BCUT2D eigenvalue weighted by atomic mass is 16.5. The van der Waals surface area contributed by atoms with E-state index in [1.165, 1.54) is 0 Å². The lowest BCUT2D eigenvalue weighted by atomic mass is 10.2. The largest absolute Gasteiger partial charge is 0.335 e. The Morgan fingerprint density at radius 2 is 1.88 bits per heavy atom. The minimum Gasteiger partial charge on any atom is -0.335 e. The first-order valence-electron chi connectivity index (χ1n) is 8.23. The van der Waals surface area contributed by atoms with Gasteiger partial charge in [-0.05, 0) is 37.6 Å². The molecule has 0 spiro atoms. The number of nitrogens with zero attached hydrogens (tertiary/aromatic N) is 2. The van der Waals surface area contributed by atoms with Crippen LogP contribution in [0.4, 0.5) is 10.5 Å². The van der Waals surface area contributed by atoms with Crippen molar-refractivity contribution in [2.75, 3.05) is 5.32 Å². The molecule has 0 bridgehead atoms. The second kappa shape index (κ2) is 7.61. The van der Waals surface area contributed by atoms with Gasteiger partial charge in [-0.1, -0.05) is 42.4 Å². The first-order valence-corrected chi connectivity index (χ1v) is 8.23. The normalized spacial score (nSPS) is 11.8. The summed E-state index contributed by atoms with van der Waals surface area (Å²) in [7, 11) is 0. The summed E-state index contributed by atoms with van der Waals surface area (Å²) in [5.41, 5.74) is 2.31. The van der Waals surface area contributed by atoms with Crippen molar-refractivity contribution in [2.45, 2.75) is 26.3 Å². The lowest BCUT2D eigenvalue weighted by molar-refractivity contribution is 0.249. The van der Waals surface area contributed by atoms with Crippen molar-refractivity contribution in [2.24, 2.45) is 0 Å². The maximum Gasteiger partial charge on any atom is 0.319 e. The zero-order valence-corrected chi connectivity index (χ0v) is 14.2. The number of hydrogen-bond donors (Lipinski definition) is 2. The van der Waals surface area contributed by atoms with Crippen molar-refractivity contribution in [1.29, 1.82) is 0 Å². The van der Waals surface area contributed by atoms with Crippen LogP contribution in [-0.2, 0) is 0 Å². The van der Waals surface area contributed by atoms with Gasteiger partial charge in [0.05, 0.1) is 0 Å². The summed E-state index contributed by atoms with van der Waals surface area (Å²) in [4.78, 5) is 16.4. The number of anilines is 1. The van der Waals surface area contributed by atoms with Crippen LogP contribution in [0.2, 0.25) is 0 Å². The van der Waals surface area contributed by atoms with Gasteiger partial charge in [0, 0.05) is 22.9 Å². The number of rotatable bonds is 5. The third-order valence-corrected chi connectivity index (χ3v) is 3.82. The minimum atomic E-state index is -0.232. The molecule has 0 radical (unpaired) electrons. The standard InChI is InChI=1S/C19H20N4O2/c1-3-13(2)20-19(24)21-16-11-7-10-15(12-16)17-22-18(25-23-17)14-8-5-4-6-9-14/h4-13H,3H2,1-2H3,(H2,20,21,24). The Morgan fingerprint density at radius 1 is 1.12 bits per heavy atom. The van der Waals surface area contributed by atoms with E-state index in [4.69, 9.17) is 4.52 Å². The maximum absolute atomic E-state index is 11.9. The Balaban J connectivity index is 1.76. The molecular weight excluding hydrogens is 316 g/mol. The summed E-state index contributed by atoms with van der Waals surface area (Å²) in [5.74, 6) is 0.938. The van der Waals surface area contributed by atoms with Gasteiger partial charge in [-0.15, -0.1) is 0 Å². The van der Waals surface area contributed by atoms with E-state index in [9.17, 15) is 4.79 Å². The predicted octanol–water partition coefficient (Wildman–Crippen LogP) is 4.32. The van der Waals surface area contributed by atoms with E-state index in [0.29, 0.717) is 17.4 Å². The van der Waals surface area contributed by atoms with Gasteiger partial charge in [-0.25, -0.2) is 4.79 Å². The van der Waals surface area contributed by atoms with E-state index in [2.05, 4.69) is 20.8 Å². The van der Waals surface area contributed by atoms with Crippen LogP contribution in [-0.4, -0.2) is 22.2 Å². The van der Waals surface area contributed by atoms with Crippen LogP contribution in [0.25, 0.3) is 22.8 Å². The van der Waals surface area contributed by atoms with Gasteiger partial charge in [0.15, 0.2) is 0 Å². The van der Waals surface area contributed by atoms with Gasteiger partial charge in [0.25, 0.3) is 5.89 Å². The number of aromatic nitrogens is 2. The third-order valence-electron chi connectivity index (χ3n) is 3.82. The summed E-state index contributed by atoms with van der Waals surface area (Å²) < 4.78 is 5.33. The van der Waals surface area contributed by atoms with Crippen LogP contribution in [0.15, 0.2) is 59.1 Å². The molecule has 128 valence electrons. The summed E-state index contributed by atoms with van der Waals surface area (Å²) in [5, 5.41) is 9.71. The highest BCUT2D eigenvalue weighted by Crippen LogP contribution is 2.23. The molecule has 3 rings (SSSR count). The lowest BCUT2D eigenvalue weighted by Gasteiger charge is -2.12. The second-order valence-corrected chi connectivity index (χ2v) is 5.78. The molecule has 2 N–H and O–H groups in total. The monoisotopic (exact) mass is 336 g/mol. The van der Waals surface area contributed by atoms with Crippen LogP contribution in [0.3, 0.4) is 0 Å². The van der Waals surface area contributed by atoms with Gasteiger partial charge in [0.1, 0.15) is 0 Å². The third kappa shape index (κ3) is 4.23. The minimum absolute atomic E-state index is 0.119. The van der Waals surface area contributed by atoms with Gasteiger partial charge in [-0.2, -0.15) is 4.98 Å². The molecule has 6 nitrogen and oxygen atoms in total. The molecule has 1 heterocycles. The van der Waals surface area contributed by atoms with E-state index in [0.717, 1.165) is 17.5 Å². The number of amides is 2. The van der Waals surface area contributed by atoms with Gasteiger partial charge in [0.2, 0.25) is 5.82 Å². The first-order chi connectivity index (χ1) is 12.2. The van der Waals surface area contributed by atoms with E-state index in [1.807, 2.05) is 68.4 Å². The number of nitrogens with one attached hydrogen (secondary N) is 2. The Kier molecular flexibility index (Phi) is 5.09. The highest BCUT2D eigenvalue weighted by molar-refractivity contribution is 5.90. The maximum atomic E-state index is 11.9. The van der Waals surface area contributed by atoms with E-state index in [-0.39, 0.29) is 12.1 Å². The Hall–Kier alpha value is -3.15. The fourth-order valence-corrected chi connectivity index (χ4v) is 2.27. The van der Waals surface area contributed by atoms with E-state index < -0.39 is 0 Å². The summed E-state index contributed by atoms with van der Waals surface area (Å²) >= 11 is 0. The molecule has 0 aliphatic rings. The molecule has 0 saturated carbocycles. The number of carbonyl (C=O) groups is 1. The molecule has 2 aromatic carbocycles. The molecule has 6 heteroatoms. The Labute approximate surface area is 146 Å². The van der Waals surface area contributed by atoms with Crippen LogP contribution in [0.1, 0.15) is 20.3 Å². The number of benzene rings is 2. The molecule has 1 aromatic heterocycles. The predicted molar refractivity (Wildman–Crippen MR) is 97.1 cm³/mol. The molecular formula is C19H20N4O2. The van der Waals surface area contributed by atoms with Gasteiger partial charge < -0.3 is 15.2 Å². The molecule has 2 amide bonds. The zero-order valence-electron chi connectivity index (χ0n) is 14.2. The molecule has 0 fully saturated rings. The van der Waals surface area contributed by atoms with Crippen LogP contribution < -0.4 is 10.6 Å². The molecule has 0 aliphatic heterocycles. The van der Waals surface area contributed by atoms with Crippen LogP contribution in [0, 0.1) is 0 Å². The second-order valence-electron chi connectivity index (χ2n) is 5.78. The Morgan fingerprint density at radius 3 is 2.64 bits per heavy atom. The lowest BCUT2D eigenvalue weighted by Crippen LogP contribution is -2.35. The van der Waals surface area contributed by atoms with Crippen LogP contribution in [0.5, 0.6) is 0 Å². The fraction of sp³-hybridized carbons (Fsp3) is 0.211. The highest BCUT2D eigenvalue weighted by Gasteiger charge is 2.11. The van der Waals surface area contributed by atoms with Crippen molar-refractivity contribution < 1.29 is 9.32 Å². The molecule has 1 atom stereocenters. The van der Waals surface area contributed by atoms with Crippen molar-refractivity contribution in [3.63, 3.8) is 0 Å². The molecule has 25 heavy (non-hydrogen) atoms. The molecule has 1 unspecified atom stereocenters. The number of urea groups is 1. The summed E-state index contributed by atoms with van der Waals surface area (Å²) in [6, 6.07) is 16.8.